The Bertz CT molecular complexity index is 1100. The molecule has 0 bridgehead atoms. The lowest BCUT2D eigenvalue weighted by Gasteiger charge is -2.44. The molecule has 1 saturated heterocycles. The highest BCUT2D eigenvalue weighted by molar-refractivity contribution is 7.41. The molecule has 13 heteroatoms. The van der Waals surface area contributed by atoms with Gasteiger partial charge in [0, 0.05) is 27.7 Å². The van der Waals surface area contributed by atoms with Gasteiger partial charge >= 0.3 is 32.5 Å². The molecular formula is C28H33O12P. The summed E-state index contributed by atoms with van der Waals surface area (Å²) in [6, 6.07) is 18.6. The van der Waals surface area contributed by atoms with Crippen LogP contribution in [0.4, 0.5) is 0 Å². The Hall–Kier alpha value is -3.41. The van der Waals surface area contributed by atoms with Crippen LogP contribution in [0, 0.1) is 0 Å². The van der Waals surface area contributed by atoms with Crippen LogP contribution in [0.1, 0.15) is 38.8 Å². The Morgan fingerprint density at radius 1 is 0.659 bits per heavy atom. The molecule has 0 aromatic heterocycles. The van der Waals surface area contributed by atoms with Crippen LogP contribution >= 0.6 is 8.60 Å². The summed E-state index contributed by atoms with van der Waals surface area (Å²) >= 11 is 0. The topological polar surface area (TPSA) is 142 Å². The molecule has 1 aliphatic heterocycles. The van der Waals surface area contributed by atoms with Gasteiger partial charge in [-0.3, -0.25) is 23.7 Å². The maximum Gasteiger partial charge on any atom is 0.335 e. The molecule has 2 aromatic carbocycles. The van der Waals surface area contributed by atoms with E-state index in [1.165, 1.54) is 6.92 Å². The van der Waals surface area contributed by atoms with Gasteiger partial charge in [-0.15, -0.1) is 0 Å². The second-order valence-electron chi connectivity index (χ2n) is 8.91. The van der Waals surface area contributed by atoms with E-state index in [0.29, 0.717) is 0 Å². The van der Waals surface area contributed by atoms with Crippen LogP contribution in [0.5, 0.6) is 0 Å². The van der Waals surface area contributed by atoms with E-state index in [1.54, 1.807) is 0 Å². The van der Waals surface area contributed by atoms with Crippen molar-refractivity contribution in [1.29, 1.82) is 0 Å². The number of hydrogen-bond acceptors (Lipinski definition) is 12. The molecule has 1 aliphatic rings. The van der Waals surface area contributed by atoms with Crippen LogP contribution in [0.25, 0.3) is 0 Å². The Balaban J connectivity index is 1.91. The average Bonchev–Trinajstić information content (AvgIpc) is 2.92. The minimum Gasteiger partial charge on any atom is -0.463 e. The van der Waals surface area contributed by atoms with E-state index in [4.69, 9.17) is 37.3 Å². The molecule has 0 spiro atoms. The largest absolute Gasteiger partial charge is 0.463 e. The summed E-state index contributed by atoms with van der Waals surface area (Å²) in [4.78, 5) is 47.7. The smallest absolute Gasteiger partial charge is 0.335 e. The third-order valence-corrected chi connectivity index (χ3v) is 6.56. The van der Waals surface area contributed by atoms with Crippen LogP contribution in [0.3, 0.4) is 0 Å². The van der Waals surface area contributed by atoms with Crippen molar-refractivity contribution >= 4 is 32.5 Å². The second-order valence-corrected chi connectivity index (χ2v) is 10.1. The third-order valence-electron chi connectivity index (χ3n) is 5.50. The van der Waals surface area contributed by atoms with E-state index >= 15 is 0 Å². The standard InChI is InChI=1S/C28H33O12P/c1-18(29)33-17-24-25(36-19(2)30)26(37-20(3)31)27(38-21(4)32)28(39-24)40-41(34-15-22-11-7-5-8-12-22)35-16-23-13-9-6-10-14-23/h5-14,24-28H,15-17H2,1-4H3/t24-,25-,26+,27-,28?/m1/s1. The van der Waals surface area contributed by atoms with Crippen molar-refractivity contribution in [2.75, 3.05) is 6.61 Å². The van der Waals surface area contributed by atoms with Gasteiger partial charge in [-0.25, -0.2) is 0 Å². The minimum absolute atomic E-state index is 0.118. The van der Waals surface area contributed by atoms with Crippen LogP contribution in [-0.4, -0.2) is 61.2 Å². The number of esters is 4. The molecule has 12 nitrogen and oxygen atoms in total. The van der Waals surface area contributed by atoms with Gasteiger partial charge in [-0.1, -0.05) is 60.7 Å². The first-order valence-electron chi connectivity index (χ1n) is 12.7. The quantitative estimate of drug-likeness (QED) is 0.190. The molecule has 0 amide bonds. The Morgan fingerprint density at radius 3 is 1.59 bits per heavy atom. The molecule has 1 fully saturated rings. The van der Waals surface area contributed by atoms with Crippen molar-refractivity contribution in [2.45, 2.75) is 71.6 Å². The summed E-state index contributed by atoms with van der Waals surface area (Å²) in [5, 5.41) is 0. The lowest BCUT2D eigenvalue weighted by Crippen LogP contribution is -2.62. The molecule has 3 rings (SSSR count). The Labute approximate surface area is 239 Å². The highest BCUT2D eigenvalue weighted by Crippen LogP contribution is 2.46. The monoisotopic (exact) mass is 592 g/mol. The number of carbonyl (C=O) groups excluding carboxylic acids is 4. The number of hydrogen-bond donors (Lipinski definition) is 0. The lowest BCUT2D eigenvalue weighted by atomic mass is 9.98. The van der Waals surface area contributed by atoms with Crippen molar-refractivity contribution in [1.82, 2.24) is 0 Å². The summed E-state index contributed by atoms with van der Waals surface area (Å²) in [6.45, 7) is 4.47. The van der Waals surface area contributed by atoms with Gasteiger partial charge in [0.05, 0.1) is 13.2 Å². The highest BCUT2D eigenvalue weighted by atomic mass is 31.2. The fourth-order valence-electron chi connectivity index (χ4n) is 3.86. The van der Waals surface area contributed by atoms with Crippen LogP contribution < -0.4 is 0 Å². The van der Waals surface area contributed by atoms with E-state index < -0.39 is 63.2 Å². The Kier molecular flexibility index (Phi) is 12.6. The first-order valence-corrected chi connectivity index (χ1v) is 13.8. The van der Waals surface area contributed by atoms with Crippen molar-refractivity contribution in [3.63, 3.8) is 0 Å². The van der Waals surface area contributed by atoms with Gasteiger partial charge in [0.2, 0.25) is 6.29 Å². The normalized spacial score (nSPS) is 22.0. The number of ether oxygens (including phenoxy) is 5. The van der Waals surface area contributed by atoms with Crippen molar-refractivity contribution < 1.29 is 56.4 Å². The zero-order valence-electron chi connectivity index (χ0n) is 23.1. The molecule has 0 N–H and O–H groups in total. The zero-order valence-corrected chi connectivity index (χ0v) is 24.0. The molecule has 1 heterocycles. The SMILES string of the molecule is CC(=O)OC[C@H]1OC(OP(OCc2ccccc2)OCc2ccccc2)[C@H](OC(C)=O)[C@@H](OC(C)=O)[C@@H]1OC(C)=O. The summed E-state index contributed by atoms with van der Waals surface area (Å²) in [5.41, 5.74) is 1.68. The minimum atomic E-state index is -2.17. The number of benzene rings is 2. The first-order chi connectivity index (χ1) is 19.6. The molecule has 0 saturated carbocycles. The van der Waals surface area contributed by atoms with Gasteiger partial charge in [-0.05, 0) is 11.1 Å². The lowest BCUT2D eigenvalue weighted by molar-refractivity contribution is -0.290. The van der Waals surface area contributed by atoms with Gasteiger partial charge in [0.25, 0.3) is 0 Å². The fourth-order valence-corrected chi connectivity index (χ4v) is 4.90. The van der Waals surface area contributed by atoms with E-state index in [1.807, 2.05) is 60.7 Å². The molecule has 41 heavy (non-hydrogen) atoms. The van der Waals surface area contributed by atoms with E-state index in [9.17, 15) is 19.2 Å². The third kappa shape index (κ3) is 10.8. The number of rotatable bonds is 13. The summed E-state index contributed by atoms with van der Waals surface area (Å²) in [7, 11) is -2.17. The molecule has 5 atom stereocenters. The maximum absolute atomic E-state index is 12.1. The fraction of sp³-hybridized carbons (Fsp3) is 0.429. The summed E-state index contributed by atoms with van der Waals surface area (Å²) in [5.74, 6) is -2.86. The van der Waals surface area contributed by atoms with Crippen molar-refractivity contribution in [3.05, 3.63) is 71.8 Å². The first kappa shape index (κ1) is 32.1. The average molecular weight is 593 g/mol. The Morgan fingerprint density at radius 2 is 1.12 bits per heavy atom. The molecule has 1 unspecified atom stereocenters. The van der Waals surface area contributed by atoms with Crippen molar-refractivity contribution in [3.8, 4) is 0 Å². The predicted molar refractivity (Wildman–Crippen MR) is 142 cm³/mol. The van der Waals surface area contributed by atoms with Crippen LogP contribution in [-0.2, 0) is 69.6 Å². The zero-order chi connectivity index (χ0) is 29.8. The summed E-state index contributed by atoms with van der Waals surface area (Å²) in [6.07, 6.45) is -6.68. The van der Waals surface area contributed by atoms with E-state index in [2.05, 4.69) is 0 Å². The van der Waals surface area contributed by atoms with E-state index in [0.717, 1.165) is 31.9 Å². The molecule has 222 valence electrons. The molecule has 0 aliphatic carbocycles. The predicted octanol–water partition coefficient (Wildman–Crippen LogP) is 3.75. The van der Waals surface area contributed by atoms with Gasteiger partial charge in [0.1, 0.15) is 12.7 Å². The van der Waals surface area contributed by atoms with Crippen LogP contribution in [0.2, 0.25) is 0 Å². The number of carbonyl (C=O) groups is 4. The molecular weight excluding hydrogens is 559 g/mol. The molecule has 2 aromatic rings. The van der Waals surface area contributed by atoms with Gasteiger partial charge in [-0.2, -0.15) is 0 Å². The van der Waals surface area contributed by atoms with Gasteiger partial charge < -0.3 is 32.7 Å². The molecule has 0 radical (unpaired) electrons. The van der Waals surface area contributed by atoms with E-state index in [-0.39, 0.29) is 19.8 Å². The van der Waals surface area contributed by atoms with Crippen LogP contribution in [0.15, 0.2) is 60.7 Å². The summed E-state index contributed by atoms with van der Waals surface area (Å²) < 4.78 is 45.5. The second kappa shape index (κ2) is 16.1. The highest BCUT2D eigenvalue weighted by Gasteiger charge is 2.53. The van der Waals surface area contributed by atoms with Crippen molar-refractivity contribution in [2.24, 2.45) is 0 Å². The van der Waals surface area contributed by atoms with Gasteiger partial charge in [0.15, 0.2) is 18.3 Å². The maximum atomic E-state index is 12.1.